The van der Waals surface area contributed by atoms with Crippen molar-refractivity contribution in [1.82, 2.24) is 0 Å². The Morgan fingerprint density at radius 1 is 0.900 bits per heavy atom. The topological polar surface area (TPSA) is 17.1 Å². The van der Waals surface area contributed by atoms with Crippen LogP contribution < -0.4 is 0 Å². The minimum Gasteiger partial charge on any atom is -0.293 e. The Hall–Kier alpha value is 0.0300. The molecule has 0 unspecified atom stereocenters. The molecule has 0 radical (unpaired) electrons. The molecule has 0 bridgehead atoms. The Labute approximate surface area is 151 Å². The minimum atomic E-state index is -0.321. The SMILES string of the molecule is O=C(c1ccc(Br)cc1)[C@H](Br)[C@@H](Br)c1cccc(Br)c1. The number of ketones is 1. The Kier molecular flexibility index (Phi) is 6.02. The smallest absolute Gasteiger partial charge is 0.177 e. The van der Waals surface area contributed by atoms with Crippen LogP contribution in [0.3, 0.4) is 0 Å². The van der Waals surface area contributed by atoms with Crippen molar-refractivity contribution in [3.05, 3.63) is 68.6 Å². The van der Waals surface area contributed by atoms with Crippen LogP contribution in [0.4, 0.5) is 0 Å². The first kappa shape index (κ1) is 16.4. The summed E-state index contributed by atoms with van der Waals surface area (Å²) >= 11 is 13.9. The molecule has 0 aliphatic carbocycles. The van der Waals surface area contributed by atoms with Gasteiger partial charge in [0.1, 0.15) is 0 Å². The van der Waals surface area contributed by atoms with Crippen LogP contribution in [0.15, 0.2) is 57.5 Å². The number of hydrogen-bond donors (Lipinski definition) is 0. The van der Waals surface area contributed by atoms with Crippen LogP contribution in [-0.4, -0.2) is 10.6 Å². The standard InChI is InChI=1S/C15H10Br4O/c16-11-6-4-9(5-7-11)15(20)14(19)13(18)10-2-1-3-12(17)8-10/h1-8,13-14H/t13-,14+/m0/s1. The molecule has 104 valence electrons. The molecule has 20 heavy (non-hydrogen) atoms. The molecule has 0 saturated heterocycles. The molecule has 2 aromatic carbocycles. The first-order valence-corrected chi connectivity index (χ1v) is 9.24. The molecule has 0 aliphatic rings. The lowest BCUT2D eigenvalue weighted by Gasteiger charge is -2.16. The van der Waals surface area contributed by atoms with E-state index in [9.17, 15) is 4.79 Å². The van der Waals surface area contributed by atoms with E-state index >= 15 is 0 Å². The third kappa shape index (κ3) is 4.03. The van der Waals surface area contributed by atoms with Crippen molar-refractivity contribution < 1.29 is 4.79 Å². The zero-order valence-electron chi connectivity index (χ0n) is 10.2. The molecule has 2 rings (SSSR count). The minimum absolute atomic E-state index is 0.0550. The summed E-state index contributed by atoms with van der Waals surface area (Å²) in [5.74, 6) is 0.0550. The first-order valence-electron chi connectivity index (χ1n) is 5.82. The van der Waals surface area contributed by atoms with Gasteiger partial charge in [0.2, 0.25) is 0 Å². The van der Waals surface area contributed by atoms with Crippen LogP contribution in [-0.2, 0) is 0 Å². The highest BCUT2D eigenvalue weighted by atomic mass is 79.9. The van der Waals surface area contributed by atoms with E-state index in [1.54, 1.807) is 0 Å². The highest BCUT2D eigenvalue weighted by Gasteiger charge is 2.26. The molecule has 5 heteroatoms. The number of hydrogen-bond acceptors (Lipinski definition) is 1. The summed E-state index contributed by atoms with van der Waals surface area (Å²) in [4.78, 5) is 12.0. The number of halogens is 4. The highest BCUT2D eigenvalue weighted by Crippen LogP contribution is 2.34. The Bertz CT molecular complexity index is 610. The molecule has 2 atom stereocenters. The van der Waals surface area contributed by atoms with E-state index in [2.05, 4.69) is 63.7 Å². The van der Waals surface area contributed by atoms with E-state index in [0.717, 1.165) is 14.5 Å². The molecule has 0 fully saturated rings. The predicted octanol–water partition coefficient (Wildman–Crippen LogP) is 6.29. The van der Waals surface area contributed by atoms with Gasteiger partial charge in [0.05, 0.1) is 9.65 Å². The maximum atomic E-state index is 12.5. The van der Waals surface area contributed by atoms with Crippen LogP contribution in [0.25, 0.3) is 0 Å². The zero-order valence-corrected chi connectivity index (χ0v) is 16.5. The Morgan fingerprint density at radius 3 is 2.15 bits per heavy atom. The summed E-state index contributed by atoms with van der Waals surface area (Å²) in [5.41, 5.74) is 1.74. The molecular formula is C15H10Br4O. The van der Waals surface area contributed by atoms with Crippen molar-refractivity contribution in [2.24, 2.45) is 0 Å². The van der Waals surface area contributed by atoms with Gasteiger partial charge in [-0.2, -0.15) is 0 Å². The second kappa shape index (κ2) is 7.34. The second-order valence-corrected chi connectivity index (χ2v) is 8.03. The first-order chi connectivity index (χ1) is 9.49. The Morgan fingerprint density at radius 2 is 1.55 bits per heavy atom. The lowest BCUT2D eigenvalue weighted by atomic mass is 10.0. The van der Waals surface area contributed by atoms with Crippen molar-refractivity contribution in [3.8, 4) is 0 Å². The third-order valence-electron chi connectivity index (χ3n) is 2.80. The quantitative estimate of drug-likeness (QED) is 0.338. The zero-order chi connectivity index (χ0) is 14.7. The van der Waals surface area contributed by atoms with Gasteiger partial charge in [-0.3, -0.25) is 4.79 Å². The summed E-state index contributed by atoms with van der Waals surface area (Å²) in [7, 11) is 0. The van der Waals surface area contributed by atoms with E-state index < -0.39 is 0 Å². The van der Waals surface area contributed by atoms with E-state index in [-0.39, 0.29) is 15.4 Å². The second-order valence-electron chi connectivity index (χ2n) is 4.23. The van der Waals surface area contributed by atoms with E-state index in [4.69, 9.17) is 0 Å². The number of benzene rings is 2. The van der Waals surface area contributed by atoms with Gasteiger partial charge in [0.25, 0.3) is 0 Å². The molecule has 0 spiro atoms. The average molecular weight is 526 g/mol. The monoisotopic (exact) mass is 522 g/mol. The van der Waals surface area contributed by atoms with Gasteiger partial charge >= 0.3 is 0 Å². The molecule has 0 aliphatic heterocycles. The number of Topliss-reactive ketones (excluding diaryl/α,β-unsaturated/α-hetero) is 1. The van der Waals surface area contributed by atoms with Gasteiger partial charge in [-0.25, -0.2) is 0 Å². The molecule has 0 aromatic heterocycles. The molecule has 0 amide bonds. The van der Waals surface area contributed by atoms with Gasteiger partial charge in [-0.15, -0.1) is 0 Å². The van der Waals surface area contributed by atoms with Crippen molar-refractivity contribution in [3.63, 3.8) is 0 Å². The Balaban J connectivity index is 2.20. The summed E-state index contributed by atoms with van der Waals surface area (Å²) in [5, 5.41) is 0. The number of carbonyl (C=O) groups is 1. The van der Waals surface area contributed by atoms with Crippen molar-refractivity contribution in [1.29, 1.82) is 0 Å². The maximum Gasteiger partial charge on any atom is 0.177 e. The molecule has 1 nitrogen and oxygen atoms in total. The lowest BCUT2D eigenvalue weighted by Crippen LogP contribution is -2.19. The van der Waals surface area contributed by atoms with Crippen LogP contribution in [0.1, 0.15) is 20.7 Å². The number of alkyl halides is 2. The van der Waals surface area contributed by atoms with Gasteiger partial charge in [0.15, 0.2) is 5.78 Å². The number of rotatable bonds is 4. The summed E-state index contributed by atoms with van der Waals surface area (Å²) in [6.45, 7) is 0. The maximum absolute atomic E-state index is 12.5. The van der Waals surface area contributed by atoms with Crippen LogP contribution >= 0.6 is 63.7 Å². The highest BCUT2D eigenvalue weighted by molar-refractivity contribution is 9.12. The summed E-state index contributed by atoms with van der Waals surface area (Å²) < 4.78 is 1.96. The number of carbonyl (C=O) groups excluding carboxylic acids is 1. The van der Waals surface area contributed by atoms with E-state index in [1.807, 2.05) is 48.5 Å². The van der Waals surface area contributed by atoms with Gasteiger partial charge in [-0.05, 0) is 29.8 Å². The molecule has 0 heterocycles. The fraction of sp³-hybridized carbons (Fsp3) is 0.133. The average Bonchev–Trinajstić information content (AvgIpc) is 2.46. The van der Waals surface area contributed by atoms with E-state index in [1.165, 1.54) is 0 Å². The lowest BCUT2D eigenvalue weighted by molar-refractivity contribution is 0.0991. The van der Waals surface area contributed by atoms with Gasteiger partial charge in [-0.1, -0.05) is 88.0 Å². The normalized spacial score (nSPS) is 13.8. The largest absolute Gasteiger partial charge is 0.293 e. The molecular weight excluding hydrogens is 516 g/mol. The van der Waals surface area contributed by atoms with Crippen LogP contribution in [0, 0.1) is 0 Å². The fourth-order valence-electron chi connectivity index (χ4n) is 1.75. The fourth-order valence-corrected chi connectivity index (χ4v) is 3.53. The predicted molar refractivity (Wildman–Crippen MR) is 97.0 cm³/mol. The van der Waals surface area contributed by atoms with Crippen LogP contribution in [0.2, 0.25) is 0 Å². The molecule has 0 saturated carbocycles. The van der Waals surface area contributed by atoms with Crippen molar-refractivity contribution in [2.45, 2.75) is 9.65 Å². The van der Waals surface area contributed by atoms with Crippen molar-refractivity contribution in [2.75, 3.05) is 0 Å². The summed E-state index contributed by atoms with van der Waals surface area (Å²) in [6.07, 6.45) is 0. The molecule has 0 N–H and O–H groups in total. The van der Waals surface area contributed by atoms with E-state index in [0.29, 0.717) is 5.56 Å². The van der Waals surface area contributed by atoms with Crippen molar-refractivity contribution >= 4 is 69.5 Å². The molecule has 2 aromatic rings. The van der Waals surface area contributed by atoms with Crippen LogP contribution in [0.5, 0.6) is 0 Å². The van der Waals surface area contributed by atoms with Gasteiger partial charge < -0.3 is 0 Å². The summed E-state index contributed by atoms with van der Waals surface area (Å²) in [6, 6.07) is 15.3. The van der Waals surface area contributed by atoms with Gasteiger partial charge in [0, 0.05) is 14.5 Å². The third-order valence-corrected chi connectivity index (χ3v) is 6.54.